The van der Waals surface area contributed by atoms with Crippen molar-refractivity contribution >= 4 is 15.8 Å². The number of nitrogens with zero attached hydrogens (tertiary/aromatic N) is 1. The topological polar surface area (TPSA) is 118 Å². The number of aromatic amines is 1. The Balaban J connectivity index is 2.09. The molecule has 0 amide bonds. The zero-order valence-electron chi connectivity index (χ0n) is 10.8. The number of nitrogens with two attached hydrogens (primary N) is 1. The van der Waals surface area contributed by atoms with Crippen LogP contribution >= 0.6 is 0 Å². The van der Waals surface area contributed by atoms with Gasteiger partial charge in [-0.1, -0.05) is 12.1 Å². The van der Waals surface area contributed by atoms with Crippen molar-refractivity contribution in [3.8, 4) is 0 Å². The number of H-pyrrole nitrogens is 1. The first-order valence-electron chi connectivity index (χ1n) is 5.78. The predicted octanol–water partition coefficient (Wildman–Crippen LogP) is 0.338. The van der Waals surface area contributed by atoms with Gasteiger partial charge in [-0.25, -0.2) is 18.5 Å². The minimum absolute atomic E-state index is 0.0615. The van der Waals surface area contributed by atoms with Crippen LogP contribution in [-0.4, -0.2) is 18.4 Å². The van der Waals surface area contributed by atoms with Crippen molar-refractivity contribution in [2.75, 3.05) is 5.32 Å². The second-order valence-electron chi connectivity index (χ2n) is 4.26. The summed E-state index contributed by atoms with van der Waals surface area (Å²) in [4.78, 5) is 18.0. The molecule has 7 nitrogen and oxygen atoms in total. The van der Waals surface area contributed by atoms with Gasteiger partial charge >= 0.3 is 0 Å². The van der Waals surface area contributed by atoms with Gasteiger partial charge in [0.1, 0.15) is 11.6 Å². The fourth-order valence-electron chi connectivity index (χ4n) is 1.66. The number of hydrogen-bond acceptors (Lipinski definition) is 5. The smallest absolute Gasteiger partial charge is 0.252 e. The SMILES string of the molecule is Cc1nc(NCc2ccc(S(N)(=O)=O)cc2)cc(=O)[nH]1. The first-order valence-corrected chi connectivity index (χ1v) is 7.33. The summed E-state index contributed by atoms with van der Waals surface area (Å²) in [5, 5.41) is 8.00. The van der Waals surface area contributed by atoms with Gasteiger partial charge in [-0.05, 0) is 24.6 Å². The van der Waals surface area contributed by atoms with E-state index in [0.717, 1.165) is 5.56 Å². The summed E-state index contributed by atoms with van der Waals surface area (Å²) >= 11 is 0. The second-order valence-corrected chi connectivity index (χ2v) is 5.82. The maximum Gasteiger partial charge on any atom is 0.252 e. The Morgan fingerprint density at radius 2 is 1.95 bits per heavy atom. The average Bonchev–Trinajstić information content (AvgIpc) is 2.35. The summed E-state index contributed by atoms with van der Waals surface area (Å²) in [6, 6.07) is 7.51. The maximum absolute atomic E-state index is 11.3. The van der Waals surface area contributed by atoms with Gasteiger partial charge in [0.15, 0.2) is 0 Å². The Kier molecular flexibility index (Phi) is 3.86. The molecule has 4 N–H and O–H groups in total. The van der Waals surface area contributed by atoms with Gasteiger partial charge in [0.05, 0.1) is 4.90 Å². The molecule has 8 heteroatoms. The Bertz CT molecular complexity index is 766. The molecule has 1 aromatic carbocycles. The van der Waals surface area contributed by atoms with Crippen LogP contribution in [0.4, 0.5) is 5.82 Å². The van der Waals surface area contributed by atoms with Crippen LogP contribution in [0, 0.1) is 6.92 Å². The standard InChI is InChI=1S/C12H14N4O3S/c1-8-15-11(6-12(17)16-8)14-7-9-2-4-10(5-3-9)20(13,18)19/h2-6H,7H2,1H3,(H2,13,18,19)(H2,14,15,16,17). The predicted molar refractivity (Wildman–Crippen MR) is 74.7 cm³/mol. The third kappa shape index (κ3) is 3.65. The quantitative estimate of drug-likeness (QED) is 0.751. The summed E-state index contributed by atoms with van der Waals surface area (Å²) in [6.45, 7) is 2.11. The van der Waals surface area contributed by atoms with E-state index in [0.29, 0.717) is 18.2 Å². The van der Waals surface area contributed by atoms with Crippen LogP contribution < -0.4 is 16.0 Å². The summed E-state index contributed by atoms with van der Waals surface area (Å²) in [5.74, 6) is 0.978. The number of aryl methyl sites for hydroxylation is 1. The van der Waals surface area contributed by atoms with E-state index >= 15 is 0 Å². The lowest BCUT2D eigenvalue weighted by Crippen LogP contribution is -2.13. The van der Waals surface area contributed by atoms with Gasteiger partial charge < -0.3 is 10.3 Å². The molecule has 0 radical (unpaired) electrons. The highest BCUT2D eigenvalue weighted by Gasteiger charge is 2.06. The van der Waals surface area contributed by atoms with Crippen molar-refractivity contribution in [3.63, 3.8) is 0 Å². The van der Waals surface area contributed by atoms with Crippen LogP contribution in [0.2, 0.25) is 0 Å². The number of benzene rings is 1. The van der Waals surface area contributed by atoms with Gasteiger partial charge in [-0.2, -0.15) is 0 Å². The van der Waals surface area contributed by atoms with Gasteiger partial charge in [0.25, 0.3) is 5.56 Å². The molecule has 106 valence electrons. The Hall–Kier alpha value is -2.19. The van der Waals surface area contributed by atoms with E-state index in [-0.39, 0.29) is 10.5 Å². The molecule has 2 aromatic rings. The van der Waals surface area contributed by atoms with Crippen molar-refractivity contribution < 1.29 is 8.42 Å². The zero-order chi connectivity index (χ0) is 14.8. The highest BCUT2D eigenvalue weighted by atomic mass is 32.2. The van der Waals surface area contributed by atoms with Crippen molar-refractivity contribution in [2.45, 2.75) is 18.4 Å². The molecule has 0 aliphatic rings. The largest absolute Gasteiger partial charge is 0.366 e. The van der Waals surface area contributed by atoms with E-state index in [2.05, 4.69) is 15.3 Å². The molecular formula is C12H14N4O3S. The number of rotatable bonds is 4. The lowest BCUT2D eigenvalue weighted by molar-refractivity contribution is 0.598. The molecule has 0 fully saturated rings. The Labute approximate surface area is 115 Å². The molecule has 20 heavy (non-hydrogen) atoms. The zero-order valence-corrected chi connectivity index (χ0v) is 11.6. The summed E-state index contributed by atoms with van der Waals surface area (Å²) < 4.78 is 22.2. The van der Waals surface area contributed by atoms with Gasteiger partial charge in [0.2, 0.25) is 10.0 Å². The normalized spacial score (nSPS) is 11.3. The summed E-state index contributed by atoms with van der Waals surface area (Å²) in [6.07, 6.45) is 0. The van der Waals surface area contributed by atoms with Crippen LogP contribution in [0.15, 0.2) is 40.0 Å². The van der Waals surface area contributed by atoms with E-state index < -0.39 is 10.0 Å². The van der Waals surface area contributed by atoms with Crippen LogP contribution in [-0.2, 0) is 16.6 Å². The molecule has 0 unspecified atom stereocenters. The molecule has 0 aliphatic heterocycles. The number of anilines is 1. The minimum atomic E-state index is -3.68. The van der Waals surface area contributed by atoms with Crippen molar-refractivity contribution in [1.29, 1.82) is 0 Å². The lowest BCUT2D eigenvalue weighted by atomic mass is 10.2. The highest BCUT2D eigenvalue weighted by Crippen LogP contribution is 2.10. The molecule has 0 saturated carbocycles. The highest BCUT2D eigenvalue weighted by molar-refractivity contribution is 7.89. The lowest BCUT2D eigenvalue weighted by Gasteiger charge is -2.06. The molecular weight excluding hydrogens is 280 g/mol. The molecule has 0 aliphatic carbocycles. The van der Waals surface area contributed by atoms with E-state index in [4.69, 9.17) is 5.14 Å². The van der Waals surface area contributed by atoms with Crippen molar-refractivity contribution in [2.24, 2.45) is 5.14 Å². The molecule has 1 aromatic heterocycles. The summed E-state index contributed by atoms with van der Waals surface area (Å²) in [7, 11) is -3.68. The van der Waals surface area contributed by atoms with E-state index in [1.54, 1.807) is 19.1 Å². The first-order chi connectivity index (χ1) is 9.34. The molecule has 2 rings (SSSR count). The van der Waals surface area contributed by atoms with Crippen molar-refractivity contribution in [1.82, 2.24) is 9.97 Å². The third-order valence-corrected chi connectivity index (χ3v) is 3.51. The summed E-state index contributed by atoms with van der Waals surface area (Å²) in [5.41, 5.74) is 0.613. The maximum atomic E-state index is 11.3. The minimum Gasteiger partial charge on any atom is -0.366 e. The monoisotopic (exact) mass is 294 g/mol. The van der Waals surface area contributed by atoms with Crippen LogP contribution in [0.25, 0.3) is 0 Å². The molecule has 0 saturated heterocycles. The van der Waals surface area contributed by atoms with Gasteiger partial charge in [-0.15, -0.1) is 0 Å². The molecule has 1 heterocycles. The van der Waals surface area contributed by atoms with E-state index in [1.807, 2.05) is 0 Å². The van der Waals surface area contributed by atoms with E-state index in [9.17, 15) is 13.2 Å². The number of nitrogens with one attached hydrogen (secondary N) is 2. The fraction of sp³-hybridized carbons (Fsp3) is 0.167. The molecule has 0 atom stereocenters. The van der Waals surface area contributed by atoms with E-state index in [1.165, 1.54) is 18.2 Å². The number of aromatic nitrogens is 2. The second kappa shape index (κ2) is 5.43. The average molecular weight is 294 g/mol. The Morgan fingerprint density at radius 1 is 1.30 bits per heavy atom. The Morgan fingerprint density at radius 3 is 2.50 bits per heavy atom. The van der Waals surface area contributed by atoms with Crippen molar-refractivity contribution in [3.05, 3.63) is 52.1 Å². The number of sulfonamides is 1. The van der Waals surface area contributed by atoms with Crippen LogP contribution in [0.5, 0.6) is 0 Å². The molecule has 0 spiro atoms. The van der Waals surface area contributed by atoms with Crippen LogP contribution in [0.1, 0.15) is 11.4 Å². The number of primary sulfonamides is 1. The number of hydrogen-bond donors (Lipinski definition) is 3. The van der Waals surface area contributed by atoms with Gasteiger partial charge in [-0.3, -0.25) is 4.79 Å². The van der Waals surface area contributed by atoms with Gasteiger partial charge in [0, 0.05) is 12.6 Å². The third-order valence-electron chi connectivity index (χ3n) is 2.59. The first kappa shape index (κ1) is 14.2. The molecule has 0 bridgehead atoms. The van der Waals surface area contributed by atoms with Crippen LogP contribution in [0.3, 0.4) is 0 Å². The fourth-order valence-corrected chi connectivity index (χ4v) is 2.18.